The van der Waals surface area contributed by atoms with Gasteiger partial charge in [-0.15, -0.1) is 11.3 Å². The van der Waals surface area contributed by atoms with Crippen LogP contribution >= 0.6 is 11.3 Å². The number of aromatic nitrogens is 1. The first-order chi connectivity index (χ1) is 16.3. The highest BCUT2D eigenvalue weighted by Crippen LogP contribution is 2.38. The van der Waals surface area contributed by atoms with E-state index < -0.39 is 5.54 Å². The van der Waals surface area contributed by atoms with Crippen LogP contribution in [0.15, 0.2) is 60.0 Å². The number of benzene rings is 2. The molecule has 1 N–H and O–H groups in total. The van der Waals surface area contributed by atoms with Crippen molar-refractivity contribution in [3.8, 4) is 5.75 Å². The molecule has 0 bridgehead atoms. The van der Waals surface area contributed by atoms with E-state index in [1.165, 1.54) is 0 Å². The summed E-state index contributed by atoms with van der Waals surface area (Å²) in [5.41, 5.74) is 3.30. The number of ether oxygens (including phenoxy) is 1. The molecule has 0 aliphatic carbocycles. The lowest BCUT2D eigenvalue weighted by molar-refractivity contribution is -0.126. The van der Waals surface area contributed by atoms with Gasteiger partial charge in [-0.1, -0.05) is 24.3 Å². The number of amides is 2. The van der Waals surface area contributed by atoms with Crippen LogP contribution in [-0.2, 0) is 17.9 Å². The second-order valence-electron chi connectivity index (χ2n) is 8.97. The molecule has 0 spiro atoms. The zero-order valence-corrected chi connectivity index (χ0v) is 20.5. The quantitative estimate of drug-likeness (QED) is 0.441. The van der Waals surface area contributed by atoms with Crippen molar-refractivity contribution < 1.29 is 14.3 Å². The van der Waals surface area contributed by atoms with Gasteiger partial charge in [0.2, 0.25) is 5.91 Å². The first-order valence-electron chi connectivity index (χ1n) is 11.2. The monoisotopic (exact) mass is 473 g/mol. The number of aryl methyl sites for hydroxylation is 2. The number of rotatable bonds is 5. The van der Waals surface area contributed by atoms with Crippen LogP contribution in [0.3, 0.4) is 0 Å². The molecule has 5 rings (SSSR count). The maximum absolute atomic E-state index is 13.9. The fourth-order valence-corrected chi connectivity index (χ4v) is 5.58. The normalized spacial score (nSPS) is 17.6. The van der Waals surface area contributed by atoms with Crippen molar-refractivity contribution in [2.45, 2.75) is 39.4 Å². The molecule has 4 aromatic rings. The van der Waals surface area contributed by atoms with Crippen LogP contribution in [0.5, 0.6) is 5.75 Å². The predicted octanol–water partition coefficient (Wildman–Crippen LogP) is 5.06. The number of thiophene rings is 1. The Morgan fingerprint density at radius 1 is 1.12 bits per heavy atom. The maximum Gasteiger partial charge on any atom is 0.275 e. The van der Waals surface area contributed by atoms with Crippen LogP contribution < -0.4 is 15.0 Å². The maximum atomic E-state index is 13.9. The summed E-state index contributed by atoms with van der Waals surface area (Å²) in [6, 6.07) is 17.4. The van der Waals surface area contributed by atoms with Gasteiger partial charge >= 0.3 is 0 Å². The molecule has 6 nitrogen and oxygen atoms in total. The van der Waals surface area contributed by atoms with Crippen LogP contribution in [0.4, 0.5) is 5.69 Å². The molecule has 0 radical (unpaired) electrons. The SMILES string of the molecule is COc1ccccc1CNC(=O)C1(C)Cn2c(cc3ccsc32)C(=O)N1c1ccc(C)c(C)c1. The van der Waals surface area contributed by atoms with E-state index in [1.807, 2.05) is 85.3 Å². The average Bonchev–Trinajstić information content (AvgIpc) is 3.42. The van der Waals surface area contributed by atoms with Gasteiger partial charge in [-0.25, -0.2) is 0 Å². The first-order valence-corrected chi connectivity index (χ1v) is 12.1. The number of carbonyl (C=O) groups excluding carboxylic acids is 2. The van der Waals surface area contributed by atoms with E-state index in [0.29, 0.717) is 24.5 Å². The minimum absolute atomic E-state index is 0.173. The smallest absolute Gasteiger partial charge is 0.275 e. The van der Waals surface area contributed by atoms with Crippen molar-refractivity contribution in [3.63, 3.8) is 0 Å². The summed E-state index contributed by atoms with van der Waals surface area (Å²) in [6.45, 7) is 6.57. The van der Waals surface area contributed by atoms with Gasteiger partial charge in [0, 0.05) is 23.2 Å². The van der Waals surface area contributed by atoms with Crippen LogP contribution in [0.25, 0.3) is 10.2 Å². The van der Waals surface area contributed by atoms with Crippen LogP contribution in [0.1, 0.15) is 34.1 Å². The molecular formula is C27H27N3O3S. The third-order valence-electron chi connectivity index (χ3n) is 6.75. The highest BCUT2D eigenvalue weighted by molar-refractivity contribution is 7.16. The van der Waals surface area contributed by atoms with Crippen molar-refractivity contribution >= 4 is 39.1 Å². The summed E-state index contributed by atoms with van der Waals surface area (Å²) in [6.07, 6.45) is 0. The van der Waals surface area contributed by atoms with Crippen molar-refractivity contribution in [1.29, 1.82) is 0 Å². The van der Waals surface area contributed by atoms with E-state index in [-0.39, 0.29) is 11.8 Å². The number of carbonyl (C=O) groups is 2. The second-order valence-corrected chi connectivity index (χ2v) is 9.87. The highest BCUT2D eigenvalue weighted by atomic mass is 32.1. The largest absolute Gasteiger partial charge is 0.496 e. The third-order valence-corrected chi connectivity index (χ3v) is 7.71. The molecule has 1 unspecified atom stereocenters. The van der Waals surface area contributed by atoms with E-state index in [2.05, 4.69) is 5.32 Å². The average molecular weight is 474 g/mol. The third kappa shape index (κ3) is 3.47. The Labute approximate surface area is 202 Å². The van der Waals surface area contributed by atoms with E-state index >= 15 is 0 Å². The minimum atomic E-state index is -1.12. The van der Waals surface area contributed by atoms with Gasteiger partial charge in [-0.3, -0.25) is 14.5 Å². The summed E-state index contributed by atoms with van der Waals surface area (Å²) >= 11 is 1.58. The van der Waals surface area contributed by atoms with Gasteiger partial charge in [0.1, 0.15) is 21.8 Å². The fourth-order valence-electron chi connectivity index (χ4n) is 4.68. The molecule has 7 heteroatoms. The van der Waals surface area contributed by atoms with Crippen molar-refractivity contribution in [2.24, 2.45) is 0 Å². The van der Waals surface area contributed by atoms with Gasteiger partial charge in [-0.2, -0.15) is 0 Å². The van der Waals surface area contributed by atoms with Crippen molar-refractivity contribution in [1.82, 2.24) is 9.88 Å². The zero-order valence-electron chi connectivity index (χ0n) is 19.7. The standard InChI is InChI=1S/C27H27N3O3S/c1-17-9-10-21(13-18(17)2)30-24(31)22-14-19-11-12-34-25(19)29(22)16-27(30,3)26(32)28-15-20-7-5-6-8-23(20)33-4/h5-14H,15-16H2,1-4H3,(H,28,32). The molecule has 0 saturated heterocycles. The molecule has 0 fully saturated rings. The summed E-state index contributed by atoms with van der Waals surface area (Å²) in [4.78, 5) is 30.4. The minimum Gasteiger partial charge on any atom is -0.496 e. The second kappa shape index (κ2) is 8.33. The Hall–Kier alpha value is -3.58. The summed E-state index contributed by atoms with van der Waals surface area (Å²) in [7, 11) is 1.61. The van der Waals surface area contributed by atoms with Crippen LogP contribution in [0.2, 0.25) is 0 Å². The number of hydrogen-bond acceptors (Lipinski definition) is 4. The molecular weight excluding hydrogens is 446 g/mol. The topological polar surface area (TPSA) is 63.6 Å². The van der Waals surface area contributed by atoms with E-state index in [4.69, 9.17) is 4.74 Å². The lowest BCUT2D eigenvalue weighted by atomic mass is 9.93. The van der Waals surface area contributed by atoms with Crippen molar-refractivity contribution in [2.75, 3.05) is 12.0 Å². The van der Waals surface area contributed by atoms with Gasteiger partial charge in [0.15, 0.2) is 0 Å². The summed E-state index contributed by atoms with van der Waals surface area (Å²) in [5, 5.41) is 6.10. The van der Waals surface area contributed by atoms with E-state index in [9.17, 15) is 9.59 Å². The molecule has 174 valence electrons. The molecule has 2 amide bonds. The molecule has 1 aliphatic heterocycles. The lowest BCUT2D eigenvalue weighted by Crippen LogP contribution is -2.64. The summed E-state index contributed by atoms with van der Waals surface area (Å²) in [5.74, 6) is 0.327. The first kappa shape index (κ1) is 22.2. The van der Waals surface area contributed by atoms with Gasteiger partial charge in [0.25, 0.3) is 5.91 Å². The Morgan fingerprint density at radius 3 is 2.68 bits per heavy atom. The molecule has 2 aromatic carbocycles. The molecule has 34 heavy (non-hydrogen) atoms. The van der Waals surface area contributed by atoms with Crippen LogP contribution in [0, 0.1) is 13.8 Å². The predicted molar refractivity (Wildman–Crippen MR) is 136 cm³/mol. The van der Waals surface area contributed by atoms with E-state index in [0.717, 1.165) is 32.6 Å². The molecule has 0 saturated carbocycles. The number of anilines is 1. The van der Waals surface area contributed by atoms with Gasteiger partial charge < -0.3 is 14.6 Å². The Kier molecular flexibility index (Phi) is 5.44. The lowest BCUT2D eigenvalue weighted by Gasteiger charge is -2.44. The van der Waals surface area contributed by atoms with Gasteiger partial charge in [0.05, 0.1) is 13.7 Å². The number of fused-ring (bicyclic) bond motifs is 3. The number of nitrogens with zero attached hydrogens (tertiary/aromatic N) is 2. The Morgan fingerprint density at radius 2 is 1.91 bits per heavy atom. The Bertz CT molecular complexity index is 1420. The highest BCUT2D eigenvalue weighted by Gasteiger charge is 2.48. The molecule has 3 heterocycles. The zero-order chi connectivity index (χ0) is 24.0. The number of hydrogen-bond donors (Lipinski definition) is 1. The Balaban J connectivity index is 1.57. The number of nitrogens with one attached hydrogen (secondary N) is 1. The fraction of sp³-hybridized carbons (Fsp3) is 0.259. The summed E-state index contributed by atoms with van der Waals surface area (Å²) < 4.78 is 7.43. The molecule has 1 atom stereocenters. The van der Waals surface area contributed by atoms with Crippen LogP contribution in [-0.4, -0.2) is 29.0 Å². The molecule has 1 aliphatic rings. The number of methoxy groups -OCH3 is 1. The van der Waals surface area contributed by atoms with E-state index in [1.54, 1.807) is 23.3 Å². The van der Waals surface area contributed by atoms with Gasteiger partial charge in [-0.05, 0) is 67.6 Å². The van der Waals surface area contributed by atoms with Crippen molar-refractivity contribution in [3.05, 3.63) is 82.4 Å². The number of para-hydroxylation sites is 1. The molecule has 2 aromatic heterocycles.